The number of hydrogen-bond donors (Lipinski definition) is 4. The SMILES string of the molecule is CC(C)[C@H](NC(=O)Cc1ccc(C2(C(F)(F)F)N=N2)cc1)C(=O)N[C@@H](Cc1ccccc1)C(=O)N[C@@H](C)C(=O)NCB1O[C@@H]2CC3C[C@@H](C3(C)C)[C@]2(C)O1. The largest absolute Gasteiger partial charge is 0.478 e. The fourth-order valence-corrected chi connectivity index (χ4v) is 8.32. The summed E-state index contributed by atoms with van der Waals surface area (Å²) in [5.74, 6) is -1.62. The zero-order valence-electron chi connectivity index (χ0n) is 31.3. The van der Waals surface area contributed by atoms with Gasteiger partial charge in [-0.2, -0.15) is 13.2 Å². The maximum Gasteiger partial charge on any atom is 0.478 e. The zero-order valence-corrected chi connectivity index (χ0v) is 31.3. The average molecular weight is 753 g/mol. The summed E-state index contributed by atoms with van der Waals surface area (Å²) in [7, 11) is -0.606. The number of benzene rings is 2. The minimum atomic E-state index is -4.67. The molecule has 7 atom stereocenters. The van der Waals surface area contributed by atoms with Gasteiger partial charge in [0.1, 0.15) is 18.1 Å². The highest BCUT2D eigenvalue weighted by molar-refractivity contribution is 6.46. The van der Waals surface area contributed by atoms with Crippen LogP contribution in [0.2, 0.25) is 0 Å². The lowest BCUT2D eigenvalue weighted by Crippen LogP contribution is -2.65. The lowest BCUT2D eigenvalue weighted by molar-refractivity contribution is -0.199. The van der Waals surface area contributed by atoms with Crippen LogP contribution < -0.4 is 21.3 Å². The summed E-state index contributed by atoms with van der Waals surface area (Å²) in [5, 5.41) is 17.4. The van der Waals surface area contributed by atoms with Gasteiger partial charge in [0.25, 0.3) is 0 Å². The van der Waals surface area contributed by atoms with Crippen molar-refractivity contribution in [2.75, 3.05) is 6.44 Å². The summed E-state index contributed by atoms with van der Waals surface area (Å²) in [6, 6.07) is 11.2. The van der Waals surface area contributed by atoms with Crippen LogP contribution in [0.25, 0.3) is 0 Å². The molecule has 2 bridgehead atoms. The number of amides is 4. The topological polar surface area (TPSA) is 160 Å². The number of carbonyl (C=O) groups is 4. The number of nitrogens with zero attached hydrogens (tertiary/aromatic N) is 2. The van der Waals surface area contributed by atoms with Crippen molar-refractivity contribution in [1.82, 2.24) is 21.3 Å². The number of rotatable bonds is 14. The first kappa shape index (κ1) is 39.4. The van der Waals surface area contributed by atoms with E-state index in [2.05, 4.69) is 52.3 Å². The van der Waals surface area contributed by atoms with Gasteiger partial charge in [0.15, 0.2) is 0 Å². The molecule has 7 rings (SSSR count). The lowest BCUT2D eigenvalue weighted by atomic mass is 9.43. The Morgan fingerprint density at radius 1 is 0.870 bits per heavy atom. The molecule has 54 heavy (non-hydrogen) atoms. The standard InChI is InChI=1S/C38H48BF3N6O6/c1-21(2)31(46-30(49)17-24-12-14-25(15-13-24)37(47-48-37)38(40,41)42)34(52)45-27(16-23-10-8-7-9-11-23)33(51)44-22(3)32(50)43-20-39-53-29-19-26-18-28(35(26,4)5)36(29,6)54-39/h7-15,21-22,26-29,31H,16-20H2,1-6H3,(H,43,50)(H,44,51)(H,45,52)(H,46,49)/t22-,26?,27-,28-,29+,31-,36-/m0/s1. The van der Waals surface area contributed by atoms with Crippen LogP contribution in [0, 0.1) is 23.2 Å². The maximum absolute atomic E-state index is 13.7. The van der Waals surface area contributed by atoms with E-state index >= 15 is 0 Å². The number of nitrogens with one attached hydrogen (secondary N) is 4. The highest BCUT2D eigenvalue weighted by atomic mass is 19.4. The molecular weight excluding hydrogens is 704 g/mol. The molecule has 290 valence electrons. The Morgan fingerprint density at radius 2 is 1.54 bits per heavy atom. The van der Waals surface area contributed by atoms with Gasteiger partial charge < -0.3 is 30.6 Å². The predicted molar refractivity (Wildman–Crippen MR) is 192 cm³/mol. The summed E-state index contributed by atoms with van der Waals surface area (Å²) in [6.07, 6.45) is -2.65. The monoisotopic (exact) mass is 752 g/mol. The van der Waals surface area contributed by atoms with E-state index in [-0.39, 0.29) is 36.4 Å². The molecule has 4 fully saturated rings. The molecule has 4 amide bonds. The number of halogens is 3. The molecule has 2 aromatic carbocycles. The van der Waals surface area contributed by atoms with Crippen LogP contribution in [0.1, 0.15) is 71.1 Å². The molecule has 3 aliphatic carbocycles. The molecule has 2 aromatic rings. The van der Waals surface area contributed by atoms with Gasteiger partial charge in [-0.25, -0.2) is 0 Å². The summed E-state index contributed by atoms with van der Waals surface area (Å²) in [5.41, 5.74) is -1.77. The summed E-state index contributed by atoms with van der Waals surface area (Å²) in [6.45, 7) is 11.7. The molecule has 0 radical (unpaired) electrons. The van der Waals surface area contributed by atoms with Gasteiger partial charge in [-0.15, -0.1) is 10.2 Å². The van der Waals surface area contributed by atoms with Crippen molar-refractivity contribution in [3.05, 3.63) is 71.3 Å². The second kappa shape index (κ2) is 14.7. The first-order valence-corrected chi connectivity index (χ1v) is 18.5. The molecule has 5 aliphatic rings. The van der Waals surface area contributed by atoms with E-state index in [4.69, 9.17) is 9.31 Å². The molecule has 16 heteroatoms. The molecule has 2 heterocycles. The molecule has 1 unspecified atom stereocenters. The van der Waals surface area contributed by atoms with Gasteiger partial charge in [-0.05, 0) is 61.0 Å². The third-order valence-corrected chi connectivity index (χ3v) is 11.8. The van der Waals surface area contributed by atoms with Gasteiger partial charge >= 0.3 is 19.0 Å². The van der Waals surface area contributed by atoms with Crippen LogP contribution >= 0.6 is 0 Å². The molecule has 4 N–H and O–H groups in total. The fraction of sp³-hybridized carbons (Fsp3) is 0.579. The average Bonchev–Trinajstić information content (AvgIpc) is 3.86. The first-order chi connectivity index (χ1) is 25.3. The Kier molecular flexibility index (Phi) is 10.8. The Labute approximate surface area is 313 Å². The fourth-order valence-electron chi connectivity index (χ4n) is 8.32. The van der Waals surface area contributed by atoms with Crippen molar-refractivity contribution in [2.45, 2.75) is 109 Å². The maximum atomic E-state index is 13.7. The second-order valence-electron chi connectivity index (χ2n) is 16.2. The van der Waals surface area contributed by atoms with Crippen LogP contribution in [0.3, 0.4) is 0 Å². The normalized spacial score (nSPS) is 26.1. The van der Waals surface area contributed by atoms with Crippen LogP contribution in [-0.2, 0) is 47.0 Å². The second-order valence-corrected chi connectivity index (χ2v) is 16.2. The molecule has 2 aliphatic heterocycles. The Balaban J connectivity index is 1.04. The molecule has 0 aromatic heterocycles. The molecule has 1 saturated heterocycles. The van der Waals surface area contributed by atoms with E-state index in [1.54, 1.807) is 32.9 Å². The molecular formula is C38H48BF3N6O6. The van der Waals surface area contributed by atoms with Gasteiger partial charge in [0, 0.05) is 12.0 Å². The van der Waals surface area contributed by atoms with Crippen molar-refractivity contribution in [3.8, 4) is 0 Å². The van der Waals surface area contributed by atoms with Crippen molar-refractivity contribution in [3.63, 3.8) is 0 Å². The van der Waals surface area contributed by atoms with Crippen molar-refractivity contribution < 1.29 is 41.7 Å². The Hall–Kier alpha value is -4.31. The van der Waals surface area contributed by atoms with E-state index in [0.29, 0.717) is 17.4 Å². The molecule has 0 spiro atoms. The van der Waals surface area contributed by atoms with Crippen molar-refractivity contribution >= 4 is 30.7 Å². The number of alkyl halides is 3. The summed E-state index contributed by atoms with van der Waals surface area (Å²) < 4.78 is 52.7. The zero-order chi connectivity index (χ0) is 39.2. The van der Waals surface area contributed by atoms with Gasteiger partial charge in [0.05, 0.1) is 24.6 Å². The highest BCUT2D eigenvalue weighted by Gasteiger charge is 2.68. The first-order valence-electron chi connectivity index (χ1n) is 18.5. The minimum Gasteiger partial charge on any atom is -0.404 e. The number of hydrogen-bond acceptors (Lipinski definition) is 8. The molecule has 12 nitrogen and oxygen atoms in total. The van der Waals surface area contributed by atoms with Gasteiger partial charge in [0.2, 0.25) is 23.6 Å². The minimum absolute atomic E-state index is 0.0310. The van der Waals surface area contributed by atoms with E-state index in [9.17, 15) is 32.3 Å². The van der Waals surface area contributed by atoms with Crippen molar-refractivity contribution in [1.29, 1.82) is 0 Å². The number of carbonyl (C=O) groups excluding carboxylic acids is 4. The van der Waals surface area contributed by atoms with Crippen LogP contribution in [0.15, 0.2) is 64.8 Å². The van der Waals surface area contributed by atoms with Crippen LogP contribution in [0.5, 0.6) is 0 Å². The lowest BCUT2D eigenvalue weighted by Gasteiger charge is -2.64. The van der Waals surface area contributed by atoms with Crippen LogP contribution in [0.4, 0.5) is 13.2 Å². The quantitative estimate of drug-likeness (QED) is 0.212. The summed E-state index contributed by atoms with van der Waals surface area (Å²) >= 11 is 0. The highest BCUT2D eigenvalue weighted by Crippen LogP contribution is 2.65. The van der Waals surface area contributed by atoms with E-state index < -0.39 is 72.2 Å². The van der Waals surface area contributed by atoms with Crippen molar-refractivity contribution in [2.24, 2.45) is 33.4 Å². The smallest absolute Gasteiger partial charge is 0.404 e. The summed E-state index contributed by atoms with van der Waals surface area (Å²) in [4.78, 5) is 53.6. The third-order valence-electron chi connectivity index (χ3n) is 11.8. The van der Waals surface area contributed by atoms with E-state index in [0.717, 1.165) is 18.4 Å². The van der Waals surface area contributed by atoms with Gasteiger partial charge in [-0.1, -0.05) is 82.3 Å². The van der Waals surface area contributed by atoms with E-state index in [1.807, 2.05) is 18.2 Å². The van der Waals surface area contributed by atoms with Gasteiger partial charge in [-0.3, -0.25) is 19.2 Å². The van der Waals surface area contributed by atoms with Crippen LogP contribution in [-0.4, -0.2) is 73.2 Å². The van der Waals surface area contributed by atoms with E-state index in [1.165, 1.54) is 24.3 Å². The third kappa shape index (κ3) is 7.77. The predicted octanol–water partition coefficient (Wildman–Crippen LogP) is 4.17. The Bertz CT molecular complexity index is 1770. The molecule has 3 saturated carbocycles. The Morgan fingerprint density at radius 3 is 2.13 bits per heavy atom.